The van der Waals surface area contributed by atoms with Gasteiger partial charge >= 0.3 is 0 Å². The van der Waals surface area contributed by atoms with Gasteiger partial charge in [0.2, 0.25) is 0 Å². The first-order valence-corrected chi connectivity index (χ1v) is 11.2. The van der Waals surface area contributed by atoms with Crippen molar-refractivity contribution in [3.8, 4) is 0 Å². The molecule has 1 aliphatic heterocycles. The number of nitrogens with zero attached hydrogens (tertiary/aromatic N) is 1. The van der Waals surface area contributed by atoms with E-state index in [-0.39, 0.29) is 5.69 Å². The Balaban J connectivity index is 2.06. The van der Waals surface area contributed by atoms with E-state index in [1.54, 1.807) is 0 Å². The number of hydrogen-bond acceptors (Lipinski definition) is 5. The van der Waals surface area contributed by atoms with E-state index in [9.17, 15) is 13.6 Å². The molecule has 0 bridgehead atoms. The summed E-state index contributed by atoms with van der Waals surface area (Å²) in [6.07, 6.45) is 2.02. The molecule has 0 aromatic heterocycles. The van der Waals surface area contributed by atoms with Crippen LogP contribution in [0.3, 0.4) is 0 Å². The summed E-state index contributed by atoms with van der Waals surface area (Å²) in [5, 5.41) is 3.16. The van der Waals surface area contributed by atoms with Gasteiger partial charge in [-0.15, -0.1) is 0 Å². The molecule has 1 unspecified atom stereocenters. The van der Waals surface area contributed by atoms with Crippen LogP contribution in [0.25, 0.3) is 0 Å². The van der Waals surface area contributed by atoms with Crippen LogP contribution < -0.4 is 10.2 Å². The van der Waals surface area contributed by atoms with Crippen molar-refractivity contribution < 1.29 is 23.0 Å². The molecule has 174 valence electrons. The number of rotatable bonds is 10. The number of nitrogens with one attached hydrogen (secondary N) is 1. The highest BCUT2D eigenvalue weighted by molar-refractivity contribution is 5.77. The van der Waals surface area contributed by atoms with Crippen LogP contribution >= 0.6 is 0 Å². The molecule has 1 saturated heterocycles. The first-order valence-electron chi connectivity index (χ1n) is 11.2. The van der Waals surface area contributed by atoms with E-state index < -0.39 is 17.7 Å². The molecule has 7 heteroatoms. The van der Waals surface area contributed by atoms with Crippen LogP contribution in [-0.4, -0.2) is 32.3 Å². The minimum absolute atomic E-state index is 0.186. The third-order valence-corrected chi connectivity index (χ3v) is 5.69. The van der Waals surface area contributed by atoms with Crippen molar-refractivity contribution >= 4 is 23.5 Å². The van der Waals surface area contributed by atoms with Gasteiger partial charge in [-0.05, 0) is 55.0 Å². The summed E-state index contributed by atoms with van der Waals surface area (Å²) < 4.78 is 38.7. The highest BCUT2D eigenvalue weighted by Gasteiger charge is 2.25. The van der Waals surface area contributed by atoms with E-state index in [4.69, 9.17) is 9.47 Å². The van der Waals surface area contributed by atoms with E-state index in [0.29, 0.717) is 43.8 Å². The molecular weight excluding hydrogens is 414 g/mol. The monoisotopic (exact) mass is 446 g/mol. The lowest BCUT2D eigenvalue weighted by Gasteiger charge is -2.38. The summed E-state index contributed by atoms with van der Waals surface area (Å²) in [5.41, 5.74) is 2.61. The van der Waals surface area contributed by atoms with Crippen molar-refractivity contribution in [1.29, 1.82) is 0 Å². The van der Waals surface area contributed by atoms with E-state index in [1.807, 2.05) is 25.1 Å². The Bertz CT molecular complexity index is 901. The Morgan fingerprint density at radius 2 is 1.91 bits per heavy atom. The highest BCUT2D eigenvalue weighted by atomic mass is 19.1. The number of carbonyl (C=O) groups excluding carboxylic acids is 1. The largest absolute Gasteiger partial charge is 0.460 e. The average Bonchev–Trinajstić information content (AvgIpc) is 2.78. The summed E-state index contributed by atoms with van der Waals surface area (Å²) in [5.74, 6) is -0.884. The fourth-order valence-corrected chi connectivity index (χ4v) is 4.15. The molecule has 0 aliphatic carbocycles. The molecule has 2 aromatic rings. The standard InChI is InChI=1S/C25H32F2N2O3/c1-4-25(32-16-30)18-5-8-24(29(15-17(2)3)20-9-11-31-12-10-20)23(13-18)28-22-7-6-19(26)14-21(22)27/h5-8,13-14,16-17,20,25,28H,4,9-12,15H2,1-3H3. The third-order valence-electron chi connectivity index (χ3n) is 5.69. The Hall–Kier alpha value is -2.67. The SMILES string of the molecule is CCC(OC=O)c1ccc(N(CC(C)C)C2CCOCC2)c(Nc2ccc(F)cc2F)c1. The molecule has 0 spiro atoms. The van der Waals surface area contributed by atoms with Gasteiger partial charge in [0.25, 0.3) is 6.47 Å². The Morgan fingerprint density at radius 1 is 1.16 bits per heavy atom. The maximum absolute atomic E-state index is 14.5. The predicted octanol–water partition coefficient (Wildman–Crippen LogP) is 5.97. The topological polar surface area (TPSA) is 50.8 Å². The molecule has 1 fully saturated rings. The lowest BCUT2D eigenvalue weighted by atomic mass is 10.0. The number of anilines is 3. The van der Waals surface area contributed by atoms with Gasteiger partial charge in [-0.25, -0.2) is 8.78 Å². The van der Waals surface area contributed by atoms with E-state index in [2.05, 4.69) is 24.1 Å². The summed E-state index contributed by atoms with van der Waals surface area (Å²) in [4.78, 5) is 13.3. The maximum Gasteiger partial charge on any atom is 0.293 e. The Morgan fingerprint density at radius 3 is 2.53 bits per heavy atom. The Labute approximate surface area is 188 Å². The zero-order valence-electron chi connectivity index (χ0n) is 18.9. The third kappa shape index (κ3) is 5.97. The van der Waals surface area contributed by atoms with Crippen molar-refractivity contribution in [2.24, 2.45) is 5.92 Å². The summed E-state index contributed by atoms with van der Waals surface area (Å²) in [7, 11) is 0. The van der Waals surface area contributed by atoms with Gasteiger partial charge in [-0.3, -0.25) is 4.79 Å². The minimum atomic E-state index is -0.668. The van der Waals surface area contributed by atoms with Crippen molar-refractivity contribution in [2.45, 2.75) is 52.2 Å². The van der Waals surface area contributed by atoms with Gasteiger partial charge in [-0.2, -0.15) is 0 Å². The first-order chi connectivity index (χ1) is 15.4. The molecule has 0 amide bonds. The first kappa shape index (κ1) is 24.0. The normalized spacial score (nSPS) is 15.4. The fourth-order valence-electron chi connectivity index (χ4n) is 4.15. The van der Waals surface area contributed by atoms with Gasteiger partial charge < -0.3 is 19.7 Å². The predicted molar refractivity (Wildman–Crippen MR) is 122 cm³/mol. The zero-order chi connectivity index (χ0) is 23.1. The number of hydrogen-bond donors (Lipinski definition) is 1. The van der Waals surface area contributed by atoms with Gasteiger partial charge in [0, 0.05) is 31.9 Å². The number of ether oxygens (including phenoxy) is 2. The number of benzene rings is 2. The van der Waals surface area contributed by atoms with Crippen LogP contribution in [0.15, 0.2) is 36.4 Å². The minimum Gasteiger partial charge on any atom is -0.460 e. The van der Waals surface area contributed by atoms with Crippen LogP contribution in [-0.2, 0) is 14.3 Å². The van der Waals surface area contributed by atoms with Crippen molar-refractivity contribution in [2.75, 3.05) is 30.0 Å². The molecule has 1 N–H and O–H groups in total. The number of carbonyl (C=O) groups is 1. The molecule has 2 aromatic carbocycles. The fraction of sp³-hybridized carbons (Fsp3) is 0.480. The zero-order valence-corrected chi connectivity index (χ0v) is 18.9. The van der Waals surface area contributed by atoms with Gasteiger partial charge in [0.05, 0.1) is 17.1 Å². The number of halogens is 2. The lowest BCUT2D eigenvalue weighted by molar-refractivity contribution is -0.134. The molecule has 0 radical (unpaired) electrons. The molecule has 1 heterocycles. The molecule has 5 nitrogen and oxygen atoms in total. The molecule has 1 atom stereocenters. The van der Waals surface area contributed by atoms with Crippen LogP contribution in [0.1, 0.15) is 51.7 Å². The summed E-state index contributed by atoms with van der Waals surface area (Å²) in [6.45, 7) is 8.95. The van der Waals surface area contributed by atoms with E-state index in [0.717, 1.165) is 36.7 Å². The van der Waals surface area contributed by atoms with Crippen molar-refractivity contribution in [3.05, 3.63) is 53.6 Å². The van der Waals surface area contributed by atoms with E-state index >= 15 is 0 Å². The molecule has 32 heavy (non-hydrogen) atoms. The van der Waals surface area contributed by atoms with Crippen molar-refractivity contribution in [3.63, 3.8) is 0 Å². The molecule has 0 saturated carbocycles. The van der Waals surface area contributed by atoms with Gasteiger partial charge in [0.1, 0.15) is 17.7 Å². The van der Waals surface area contributed by atoms with Crippen LogP contribution in [0.2, 0.25) is 0 Å². The van der Waals surface area contributed by atoms with Crippen LogP contribution in [0, 0.1) is 17.6 Å². The molecule has 1 aliphatic rings. The van der Waals surface area contributed by atoms with Gasteiger partial charge in [0.15, 0.2) is 0 Å². The second-order valence-electron chi connectivity index (χ2n) is 8.54. The van der Waals surface area contributed by atoms with Crippen LogP contribution in [0.5, 0.6) is 0 Å². The summed E-state index contributed by atoms with van der Waals surface area (Å²) in [6, 6.07) is 9.61. The molecular formula is C25H32F2N2O3. The second-order valence-corrected chi connectivity index (χ2v) is 8.54. The molecule has 3 rings (SSSR count). The quantitative estimate of drug-likeness (QED) is 0.456. The van der Waals surface area contributed by atoms with Gasteiger partial charge in [-0.1, -0.05) is 26.8 Å². The average molecular weight is 447 g/mol. The highest BCUT2D eigenvalue weighted by Crippen LogP contribution is 2.37. The van der Waals surface area contributed by atoms with Crippen LogP contribution in [0.4, 0.5) is 25.8 Å². The van der Waals surface area contributed by atoms with E-state index in [1.165, 1.54) is 12.1 Å². The van der Waals surface area contributed by atoms with Crippen molar-refractivity contribution in [1.82, 2.24) is 0 Å². The summed E-state index contributed by atoms with van der Waals surface area (Å²) >= 11 is 0. The second kappa shape index (κ2) is 11.3. The maximum atomic E-state index is 14.5. The Kier molecular flexibility index (Phi) is 8.45. The smallest absolute Gasteiger partial charge is 0.293 e. The lowest BCUT2D eigenvalue weighted by Crippen LogP contribution is -2.42.